The summed E-state index contributed by atoms with van der Waals surface area (Å²) in [5, 5.41) is 0. The van der Waals surface area contributed by atoms with Crippen molar-refractivity contribution in [3.63, 3.8) is 0 Å². The van der Waals surface area contributed by atoms with Crippen molar-refractivity contribution >= 4 is 15.7 Å². The van der Waals surface area contributed by atoms with Crippen molar-refractivity contribution in [3.05, 3.63) is 57.7 Å². The van der Waals surface area contributed by atoms with Crippen molar-refractivity contribution in [2.45, 2.75) is 39.5 Å². The van der Waals surface area contributed by atoms with E-state index in [4.69, 9.17) is 0 Å². The Labute approximate surface area is 135 Å². The summed E-state index contributed by atoms with van der Waals surface area (Å²) in [5.41, 5.74) is 3.20. The third-order valence-electron chi connectivity index (χ3n) is 4.40. The van der Waals surface area contributed by atoms with Gasteiger partial charge in [-0.2, -0.15) is 0 Å². The van der Waals surface area contributed by atoms with E-state index in [1.807, 2.05) is 25.5 Å². The molecule has 0 aromatic heterocycles. The fraction of sp³-hybridized carbons (Fsp3) is 0.294. The topological polar surface area (TPSA) is 46.2 Å². The first kappa shape index (κ1) is 17.4. The van der Waals surface area contributed by atoms with E-state index in [0.29, 0.717) is 11.1 Å². The predicted molar refractivity (Wildman–Crippen MR) is 87.3 cm³/mol. The summed E-state index contributed by atoms with van der Waals surface area (Å²) in [6.07, 6.45) is 0. The molecule has 0 saturated heterocycles. The average molecular weight is 339 g/mol. The Balaban J connectivity index is 2.67. The molecule has 0 atom stereocenters. The third-order valence-corrected chi connectivity index (χ3v) is 6.02. The lowest BCUT2D eigenvalue weighted by Gasteiger charge is -2.19. The van der Waals surface area contributed by atoms with Gasteiger partial charge in [0.1, 0.15) is 17.3 Å². The summed E-state index contributed by atoms with van der Waals surface area (Å²) in [7, 11) is -4.11. The van der Waals surface area contributed by atoms with E-state index in [1.54, 1.807) is 13.8 Å². The molecule has 124 valence electrons. The van der Waals surface area contributed by atoms with Crippen molar-refractivity contribution < 1.29 is 17.2 Å². The number of hydrogen-bond donors (Lipinski definition) is 1. The van der Waals surface area contributed by atoms with Crippen molar-refractivity contribution in [1.29, 1.82) is 0 Å². The smallest absolute Gasteiger partial charge is 0.262 e. The van der Waals surface area contributed by atoms with E-state index in [9.17, 15) is 17.2 Å². The van der Waals surface area contributed by atoms with Crippen molar-refractivity contribution in [3.8, 4) is 0 Å². The first-order valence-electron chi connectivity index (χ1n) is 7.11. The van der Waals surface area contributed by atoms with Crippen LogP contribution >= 0.6 is 0 Å². The van der Waals surface area contributed by atoms with Crippen molar-refractivity contribution in [2.24, 2.45) is 0 Å². The molecule has 0 fully saturated rings. The van der Waals surface area contributed by atoms with Gasteiger partial charge in [0.2, 0.25) is 0 Å². The number of rotatable bonds is 3. The fourth-order valence-corrected chi connectivity index (χ4v) is 4.33. The highest BCUT2D eigenvalue weighted by molar-refractivity contribution is 7.92. The summed E-state index contributed by atoms with van der Waals surface area (Å²) in [4.78, 5) is 0.0701. The summed E-state index contributed by atoms with van der Waals surface area (Å²) in [6, 6.07) is 3.19. The van der Waals surface area contributed by atoms with Gasteiger partial charge in [-0.3, -0.25) is 4.72 Å². The quantitative estimate of drug-likeness (QED) is 0.906. The van der Waals surface area contributed by atoms with E-state index in [1.165, 1.54) is 6.07 Å². The van der Waals surface area contributed by atoms with Gasteiger partial charge in [-0.1, -0.05) is 6.07 Å². The number of anilines is 1. The molecule has 3 nitrogen and oxygen atoms in total. The van der Waals surface area contributed by atoms with Gasteiger partial charge in [-0.25, -0.2) is 17.2 Å². The number of benzene rings is 2. The Bertz CT molecular complexity index is 841. The van der Waals surface area contributed by atoms with Crippen LogP contribution in [0.15, 0.2) is 23.1 Å². The monoisotopic (exact) mass is 339 g/mol. The van der Waals surface area contributed by atoms with Gasteiger partial charge in [-0.15, -0.1) is 0 Å². The normalized spacial score (nSPS) is 11.6. The first-order chi connectivity index (χ1) is 10.6. The zero-order chi connectivity index (χ0) is 17.5. The van der Waals surface area contributed by atoms with Crippen LogP contribution < -0.4 is 4.72 Å². The summed E-state index contributed by atoms with van der Waals surface area (Å²) in [6.45, 7) is 8.98. The molecule has 2 rings (SSSR count). The Morgan fingerprint density at radius 1 is 0.783 bits per heavy atom. The van der Waals surface area contributed by atoms with Gasteiger partial charge in [0, 0.05) is 0 Å². The van der Waals surface area contributed by atoms with Crippen LogP contribution in [0.3, 0.4) is 0 Å². The van der Waals surface area contributed by atoms with Crippen molar-refractivity contribution in [2.75, 3.05) is 4.72 Å². The Morgan fingerprint density at radius 3 is 1.61 bits per heavy atom. The number of hydrogen-bond acceptors (Lipinski definition) is 2. The molecule has 23 heavy (non-hydrogen) atoms. The minimum Gasteiger partial charge on any atom is -0.274 e. The summed E-state index contributed by atoms with van der Waals surface area (Å²) in [5.74, 6) is -1.91. The lowest BCUT2D eigenvalue weighted by Crippen LogP contribution is -2.19. The maximum Gasteiger partial charge on any atom is 0.262 e. The molecule has 0 heterocycles. The highest BCUT2D eigenvalue weighted by Crippen LogP contribution is 2.31. The molecule has 1 N–H and O–H groups in total. The van der Waals surface area contributed by atoms with Crippen LogP contribution in [0.1, 0.15) is 27.8 Å². The second kappa shape index (κ2) is 5.92. The highest BCUT2D eigenvalue weighted by Gasteiger charge is 2.25. The number of halogens is 2. The van der Waals surface area contributed by atoms with Crippen LogP contribution in [0.25, 0.3) is 0 Å². The number of nitrogens with one attached hydrogen (secondary N) is 1. The Hall–Kier alpha value is -1.95. The zero-order valence-corrected chi connectivity index (χ0v) is 14.5. The molecule has 0 radical (unpaired) electrons. The molecule has 0 spiro atoms. The van der Waals surface area contributed by atoms with E-state index < -0.39 is 27.3 Å². The fourth-order valence-electron chi connectivity index (χ4n) is 2.65. The van der Waals surface area contributed by atoms with Crippen LogP contribution in [0.5, 0.6) is 0 Å². The Kier molecular flexibility index (Phi) is 4.48. The van der Waals surface area contributed by atoms with Gasteiger partial charge in [0.25, 0.3) is 10.0 Å². The van der Waals surface area contributed by atoms with E-state index >= 15 is 0 Å². The van der Waals surface area contributed by atoms with E-state index in [2.05, 4.69) is 0 Å². The molecule has 6 heteroatoms. The standard InChI is InChI=1S/C17H19F2NO2S/c1-9-10(2)12(4)17(13(5)11(9)3)23(21,22)20-16-14(18)7-6-8-15(16)19/h6-8,20H,1-5H3. The van der Waals surface area contributed by atoms with Gasteiger partial charge in [-0.05, 0) is 74.6 Å². The second-order valence-corrected chi connectivity index (χ2v) is 7.28. The molecule has 0 saturated carbocycles. The van der Waals surface area contributed by atoms with Crippen LogP contribution in [0.4, 0.5) is 14.5 Å². The van der Waals surface area contributed by atoms with E-state index in [0.717, 1.165) is 28.8 Å². The minimum atomic E-state index is -4.11. The maximum absolute atomic E-state index is 13.8. The lowest BCUT2D eigenvalue weighted by atomic mass is 9.95. The predicted octanol–water partition coefficient (Wildman–Crippen LogP) is 4.31. The molecule has 2 aromatic rings. The minimum absolute atomic E-state index is 0.0701. The number of para-hydroxylation sites is 1. The molecule has 2 aromatic carbocycles. The van der Waals surface area contributed by atoms with Crippen molar-refractivity contribution in [1.82, 2.24) is 0 Å². The van der Waals surface area contributed by atoms with Crippen LogP contribution in [0, 0.1) is 46.3 Å². The first-order valence-corrected chi connectivity index (χ1v) is 8.60. The SMILES string of the molecule is Cc1c(C)c(C)c(S(=O)(=O)Nc2c(F)cccc2F)c(C)c1C. The average Bonchev–Trinajstić information content (AvgIpc) is 2.47. The van der Waals surface area contributed by atoms with Crippen LogP contribution in [-0.4, -0.2) is 8.42 Å². The van der Waals surface area contributed by atoms with Gasteiger partial charge in [0.05, 0.1) is 4.90 Å². The van der Waals surface area contributed by atoms with Gasteiger partial charge < -0.3 is 0 Å². The second-order valence-electron chi connectivity index (χ2n) is 5.66. The lowest BCUT2D eigenvalue weighted by molar-refractivity contribution is 0.582. The third kappa shape index (κ3) is 2.95. The zero-order valence-electron chi connectivity index (χ0n) is 13.7. The molecular formula is C17H19F2NO2S. The maximum atomic E-state index is 13.8. The summed E-state index contributed by atoms with van der Waals surface area (Å²) < 4.78 is 55.0. The van der Waals surface area contributed by atoms with E-state index in [-0.39, 0.29) is 4.90 Å². The molecule has 0 bridgehead atoms. The molecule has 0 unspecified atom stereocenters. The molecule has 0 aliphatic rings. The van der Waals surface area contributed by atoms with Gasteiger partial charge in [0.15, 0.2) is 0 Å². The molecular weight excluding hydrogens is 320 g/mol. The number of sulfonamides is 1. The summed E-state index contributed by atoms with van der Waals surface area (Å²) >= 11 is 0. The molecule has 0 aliphatic heterocycles. The van der Waals surface area contributed by atoms with Crippen LogP contribution in [-0.2, 0) is 10.0 Å². The van der Waals surface area contributed by atoms with Gasteiger partial charge >= 0.3 is 0 Å². The highest BCUT2D eigenvalue weighted by atomic mass is 32.2. The van der Waals surface area contributed by atoms with Crippen LogP contribution in [0.2, 0.25) is 0 Å². The molecule has 0 aliphatic carbocycles. The molecule has 0 amide bonds. The Morgan fingerprint density at radius 2 is 1.17 bits per heavy atom. The largest absolute Gasteiger partial charge is 0.274 e.